The lowest BCUT2D eigenvalue weighted by molar-refractivity contribution is -0.161. The standard InChI is InChI=1S/C76H148O17P2/c1-7-9-11-13-15-17-19-20-21-30-36-42-48-54-60-75(80)92-71(64-86-73(78)58-52-46-40-34-26-18-16-14-12-10-8-2)66-90-94(82,83)88-62-70(77)63-89-95(84,85)91-67-72(93-76(81)61-55-49-43-37-31-25-23-28-33-39-45-51-57-69(5)6)65-87-74(79)59-53-47-41-35-29-24-22-27-32-38-44-50-56-68(3)4/h68-72,77H,7-67H2,1-6H3,(H,82,83)(H,84,85)/t70-,71+,72+/m0/s1. The van der Waals surface area contributed by atoms with Crippen LogP contribution >= 0.6 is 15.6 Å². The van der Waals surface area contributed by atoms with Crippen LogP contribution in [0.3, 0.4) is 0 Å². The van der Waals surface area contributed by atoms with Crippen molar-refractivity contribution >= 4 is 39.5 Å². The molecule has 0 heterocycles. The summed E-state index contributed by atoms with van der Waals surface area (Å²) >= 11 is 0. The Labute approximate surface area is 581 Å². The molecule has 0 saturated carbocycles. The van der Waals surface area contributed by atoms with E-state index in [0.29, 0.717) is 25.7 Å². The molecule has 0 aliphatic rings. The first-order valence-electron chi connectivity index (χ1n) is 39.5. The van der Waals surface area contributed by atoms with Gasteiger partial charge in [-0.2, -0.15) is 0 Å². The third kappa shape index (κ3) is 70.3. The summed E-state index contributed by atoms with van der Waals surface area (Å²) in [6.45, 7) is 9.62. The van der Waals surface area contributed by atoms with Crippen LogP contribution in [0.15, 0.2) is 0 Å². The Morgan fingerprint density at radius 1 is 0.284 bits per heavy atom. The van der Waals surface area contributed by atoms with Gasteiger partial charge in [-0.1, -0.05) is 343 Å². The normalized spacial score (nSPS) is 14.0. The number of carbonyl (C=O) groups excluding carboxylic acids is 4. The van der Waals surface area contributed by atoms with E-state index in [4.69, 9.17) is 37.0 Å². The minimum absolute atomic E-state index is 0.107. The predicted molar refractivity (Wildman–Crippen MR) is 386 cm³/mol. The Bertz CT molecular complexity index is 1840. The van der Waals surface area contributed by atoms with Gasteiger partial charge >= 0.3 is 39.5 Å². The largest absolute Gasteiger partial charge is 0.472 e. The molecule has 0 bridgehead atoms. The maximum absolute atomic E-state index is 13.1. The number of hydrogen-bond acceptors (Lipinski definition) is 15. The van der Waals surface area contributed by atoms with Gasteiger partial charge in [0, 0.05) is 25.7 Å². The smallest absolute Gasteiger partial charge is 0.462 e. The fraction of sp³-hybridized carbons (Fsp3) is 0.947. The molecule has 564 valence electrons. The van der Waals surface area contributed by atoms with E-state index in [9.17, 15) is 43.2 Å². The van der Waals surface area contributed by atoms with E-state index in [1.54, 1.807) is 0 Å². The summed E-state index contributed by atoms with van der Waals surface area (Å²) in [6.07, 6.45) is 55.3. The molecule has 0 fully saturated rings. The third-order valence-electron chi connectivity index (χ3n) is 17.7. The SMILES string of the molecule is CCCCCCCCCCCCCCCCC(=O)O[C@H](COC(=O)CCCCCCCCCCCCC)COP(=O)(O)OC[C@H](O)COP(=O)(O)OC[C@@H](COC(=O)CCCCCCCCCCCCCCC(C)C)OC(=O)CCCCCCCCCCCCCCC(C)C. The monoisotopic (exact) mass is 1400 g/mol. The van der Waals surface area contributed by atoms with Gasteiger partial charge in [0.25, 0.3) is 0 Å². The quantitative estimate of drug-likeness (QED) is 0.0222. The second-order valence-electron chi connectivity index (χ2n) is 28.3. The predicted octanol–water partition coefficient (Wildman–Crippen LogP) is 22.3. The van der Waals surface area contributed by atoms with Crippen molar-refractivity contribution in [2.45, 2.75) is 413 Å². The van der Waals surface area contributed by atoms with E-state index in [-0.39, 0.29) is 25.7 Å². The number of phosphoric ester groups is 2. The zero-order valence-corrected chi connectivity index (χ0v) is 63.8. The maximum Gasteiger partial charge on any atom is 0.472 e. The minimum Gasteiger partial charge on any atom is -0.462 e. The Kier molecular flexibility index (Phi) is 66.5. The van der Waals surface area contributed by atoms with E-state index >= 15 is 0 Å². The van der Waals surface area contributed by atoms with Gasteiger partial charge < -0.3 is 33.8 Å². The van der Waals surface area contributed by atoms with Gasteiger partial charge in [0.1, 0.15) is 19.3 Å². The Balaban J connectivity index is 5.26. The molecule has 0 aliphatic heterocycles. The third-order valence-corrected chi connectivity index (χ3v) is 19.6. The molecule has 0 aromatic rings. The van der Waals surface area contributed by atoms with Crippen LogP contribution in [0, 0.1) is 11.8 Å². The highest BCUT2D eigenvalue weighted by Crippen LogP contribution is 2.45. The number of ether oxygens (including phenoxy) is 4. The molecule has 5 atom stereocenters. The molecule has 0 rings (SSSR count). The topological polar surface area (TPSA) is 237 Å². The van der Waals surface area contributed by atoms with Crippen LogP contribution in [-0.2, 0) is 65.4 Å². The number of esters is 4. The van der Waals surface area contributed by atoms with Crippen LogP contribution < -0.4 is 0 Å². The van der Waals surface area contributed by atoms with Crippen molar-refractivity contribution in [1.82, 2.24) is 0 Å². The number of hydrogen-bond donors (Lipinski definition) is 3. The van der Waals surface area contributed by atoms with Crippen molar-refractivity contribution < 1.29 is 80.2 Å². The highest BCUT2D eigenvalue weighted by Gasteiger charge is 2.30. The first kappa shape index (κ1) is 93.1. The molecular weight excluding hydrogens is 1250 g/mol. The molecular formula is C76H148O17P2. The first-order chi connectivity index (χ1) is 45.9. The molecule has 17 nitrogen and oxygen atoms in total. The number of aliphatic hydroxyl groups is 1. The van der Waals surface area contributed by atoms with Crippen molar-refractivity contribution in [1.29, 1.82) is 0 Å². The zero-order valence-electron chi connectivity index (χ0n) is 62.0. The van der Waals surface area contributed by atoms with Crippen molar-refractivity contribution in [3.05, 3.63) is 0 Å². The van der Waals surface area contributed by atoms with E-state index in [0.717, 1.165) is 102 Å². The van der Waals surface area contributed by atoms with Crippen molar-refractivity contribution in [3.63, 3.8) is 0 Å². The van der Waals surface area contributed by atoms with Crippen molar-refractivity contribution in [3.8, 4) is 0 Å². The summed E-state index contributed by atoms with van der Waals surface area (Å²) in [5.41, 5.74) is 0. The number of carbonyl (C=O) groups is 4. The van der Waals surface area contributed by atoms with Gasteiger partial charge in [-0.05, 0) is 37.5 Å². The van der Waals surface area contributed by atoms with E-state index in [2.05, 4.69) is 41.5 Å². The van der Waals surface area contributed by atoms with Gasteiger partial charge in [0.05, 0.1) is 26.4 Å². The van der Waals surface area contributed by atoms with Crippen LogP contribution in [0.4, 0.5) is 0 Å². The number of rotatable bonds is 75. The first-order valence-corrected chi connectivity index (χ1v) is 42.5. The van der Waals surface area contributed by atoms with Gasteiger partial charge in [0.15, 0.2) is 12.2 Å². The van der Waals surface area contributed by atoms with Crippen LogP contribution in [0.2, 0.25) is 0 Å². The summed E-state index contributed by atoms with van der Waals surface area (Å²) in [6, 6.07) is 0. The van der Waals surface area contributed by atoms with Crippen molar-refractivity contribution in [2.24, 2.45) is 11.8 Å². The molecule has 0 amide bonds. The average molecular weight is 1400 g/mol. The fourth-order valence-corrected chi connectivity index (χ4v) is 13.2. The lowest BCUT2D eigenvalue weighted by Gasteiger charge is -2.21. The summed E-state index contributed by atoms with van der Waals surface area (Å²) in [7, 11) is -9.91. The molecule has 0 aromatic carbocycles. The minimum atomic E-state index is -4.96. The number of phosphoric acid groups is 2. The molecule has 0 aromatic heterocycles. The highest BCUT2D eigenvalue weighted by molar-refractivity contribution is 7.47. The van der Waals surface area contributed by atoms with E-state index in [1.807, 2.05) is 0 Å². The van der Waals surface area contributed by atoms with E-state index < -0.39 is 97.5 Å². The number of unbranched alkanes of at least 4 members (excludes halogenated alkanes) is 45. The fourth-order valence-electron chi connectivity index (χ4n) is 11.7. The molecule has 0 aliphatic carbocycles. The second kappa shape index (κ2) is 67.9. The molecule has 19 heteroatoms. The summed E-state index contributed by atoms with van der Waals surface area (Å²) < 4.78 is 68.6. The molecule has 0 saturated heterocycles. The van der Waals surface area contributed by atoms with Gasteiger partial charge in [-0.25, -0.2) is 9.13 Å². The maximum atomic E-state index is 13.1. The summed E-state index contributed by atoms with van der Waals surface area (Å²) in [5.74, 6) is -0.554. The zero-order chi connectivity index (χ0) is 70.0. The molecule has 2 unspecified atom stereocenters. The van der Waals surface area contributed by atoms with E-state index in [1.165, 1.54) is 212 Å². The van der Waals surface area contributed by atoms with Crippen LogP contribution in [0.5, 0.6) is 0 Å². The summed E-state index contributed by atoms with van der Waals surface area (Å²) in [5, 5.41) is 10.6. The Hall–Kier alpha value is -1.94. The Morgan fingerprint density at radius 3 is 0.716 bits per heavy atom. The molecule has 0 radical (unpaired) electrons. The molecule has 3 N–H and O–H groups in total. The molecule has 95 heavy (non-hydrogen) atoms. The average Bonchev–Trinajstić information content (AvgIpc) is 1.65. The van der Waals surface area contributed by atoms with Crippen molar-refractivity contribution in [2.75, 3.05) is 39.6 Å². The molecule has 0 spiro atoms. The van der Waals surface area contributed by atoms with Crippen LogP contribution in [0.25, 0.3) is 0 Å². The lowest BCUT2D eigenvalue weighted by atomic mass is 10.0. The van der Waals surface area contributed by atoms with Gasteiger partial charge in [-0.3, -0.25) is 37.3 Å². The van der Waals surface area contributed by atoms with Crippen LogP contribution in [-0.4, -0.2) is 96.7 Å². The van der Waals surface area contributed by atoms with Crippen LogP contribution in [0.1, 0.15) is 395 Å². The van der Waals surface area contributed by atoms with Gasteiger partial charge in [-0.15, -0.1) is 0 Å². The summed E-state index contributed by atoms with van der Waals surface area (Å²) in [4.78, 5) is 72.8. The lowest BCUT2D eigenvalue weighted by Crippen LogP contribution is -2.30. The number of aliphatic hydroxyl groups excluding tert-OH is 1. The van der Waals surface area contributed by atoms with Gasteiger partial charge in [0.2, 0.25) is 0 Å². The Morgan fingerprint density at radius 2 is 0.484 bits per heavy atom. The highest BCUT2D eigenvalue weighted by atomic mass is 31.2. The second-order valence-corrected chi connectivity index (χ2v) is 31.3.